The van der Waals surface area contributed by atoms with Gasteiger partial charge in [-0.05, 0) is 26.3 Å². The molecule has 0 aromatic carbocycles. The van der Waals surface area contributed by atoms with Crippen molar-refractivity contribution in [2.75, 3.05) is 5.75 Å². The molecule has 0 N–H and O–H groups in total. The van der Waals surface area contributed by atoms with Crippen molar-refractivity contribution in [3.8, 4) is 0 Å². The fraction of sp³-hybridized carbons (Fsp3) is 0.556. The van der Waals surface area contributed by atoms with Crippen molar-refractivity contribution in [2.45, 2.75) is 26.0 Å². The van der Waals surface area contributed by atoms with Crippen molar-refractivity contribution in [2.24, 2.45) is 0 Å². The summed E-state index contributed by atoms with van der Waals surface area (Å²) < 4.78 is 28.6. The molecule has 0 saturated heterocycles. The molecule has 1 aromatic heterocycles. The summed E-state index contributed by atoms with van der Waals surface area (Å²) in [5.41, 5.74) is 1.83. The largest absolute Gasteiger partial charge is 0.338 e. The Hall–Kier alpha value is -0.880. The zero-order valence-corrected chi connectivity index (χ0v) is 10.8. The van der Waals surface area contributed by atoms with Crippen molar-refractivity contribution in [1.29, 1.82) is 0 Å². The number of aromatic nitrogens is 2. The van der Waals surface area contributed by atoms with Gasteiger partial charge in [-0.2, -0.15) is 4.98 Å². The second-order valence-corrected chi connectivity index (χ2v) is 6.12. The smallest absolute Gasteiger partial charge is 0.244 e. The van der Waals surface area contributed by atoms with E-state index in [-0.39, 0.29) is 11.6 Å². The van der Waals surface area contributed by atoms with E-state index in [1.54, 1.807) is 13.8 Å². The predicted molar refractivity (Wildman–Crippen MR) is 60.8 cm³/mol. The zero-order valence-electron chi connectivity index (χ0n) is 9.27. The van der Waals surface area contributed by atoms with Crippen molar-refractivity contribution in [3.05, 3.63) is 22.8 Å². The van der Waals surface area contributed by atoms with E-state index in [4.69, 9.17) is 16.1 Å². The molecule has 0 radical (unpaired) electrons. The molecule has 1 heterocycles. The summed E-state index contributed by atoms with van der Waals surface area (Å²) in [5.74, 6) is 0.417. The van der Waals surface area contributed by atoms with Crippen LogP contribution in [0.5, 0.6) is 0 Å². The molecule has 1 rings (SSSR count). The van der Waals surface area contributed by atoms with Gasteiger partial charge in [0.25, 0.3) is 0 Å². The van der Waals surface area contributed by atoms with Crippen molar-refractivity contribution in [3.63, 3.8) is 0 Å². The Balaban J connectivity index is 2.93. The van der Waals surface area contributed by atoms with E-state index in [0.717, 1.165) is 0 Å². The minimum atomic E-state index is -3.36. The first-order chi connectivity index (χ1) is 7.36. The third-order valence-corrected chi connectivity index (χ3v) is 4.55. The first-order valence-electron chi connectivity index (χ1n) is 4.64. The van der Waals surface area contributed by atoms with E-state index in [1.807, 2.05) is 0 Å². The van der Waals surface area contributed by atoms with E-state index < -0.39 is 15.1 Å². The van der Waals surface area contributed by atoms with Crippen LogP contribution in [-0.2, 0) is 9.84 Å². The average Bonchev–Trinajstić information content (AvgIpc) is 2.62. The molecule has 0 aliphatic rings. The molecular formula is C9H13ClN2O3S. The van der Waals surface area contributed by atoms with Gasteiger partial charge in [0.2, 0.25) is 5.89 Å². The van der Waals surface area contributed by atoms with Gasteiger partial charge < -0.3 is 4.52 Å². The molecule has 1 unspecified atom stereocenters. The maximum atomic E-state index is 11.9. The Bertz CT molecular complexity index is 493. The lowest BCUT2D eigenvalue weighted by molar-refractivity contribution is 0.373. The van der Waals surface area contributed by atoms with Crippen LogP contribution in [-0.4, -0.2) is 24.3 Å². The first kappa shape index (κ1) is 13.2. The first-order valence-corrected chi connectivity index (χ1v) is 6.79. The van der Waals surface area contributed by atoms with E-state index in [1.165, 1.54) is 12.5 Å². The summed E-state index contributed by atoms with van der Waals surface area (Å²) >= 11 is 5.43. The second kappa shape index (κ2) is 4.97. The van der Waals surface area contributed by atoms with Crippen LogP contribution in [0, 0.1) is 6.92 Å². The summed E-state index contributed by atoms with van der Waals surface area (Å²) in [5, 5.41) is 2.74. The summed E-state index contributed by atoms with van der Waals surface area (Å²) in [6.45, 7) is 4.80. The van der Waals surface area contributed by atoms with Gasteiger partial charge in [-0.25, -0.2) is 8.42 Å². The van der Waals surface area contributed by atoms with Crippen LogP contribution in [0.4, 0.5) is 0 Å². The fourth-order valence-electron chi connectivity index (χ4n) is 1.11. The van der Waals surface area contributed by atoms with Crippen LogP contribution in [0.3, 0.4) is 0 Å². The lowest BCUT2D eigenvalue weighted by atomic mass is 10.4. The van der Waals surface area contributed by atoms with Gasteiger partial charge in [0, 0.05) is 5.54 Å². The molecule has 5 nitrogen and oxygen atoms in total. The molecule has 0 bridgehead atoms. The summed E-state index contributed by atoms with van der Waals surface area (Å²) in [4.78, 5) is 3.90. The van der Waals surface area contributed by atoms with Gasteiger partial charge in [-0.1, -0.05) is 16.8 Å². The molecule has 0 amide bonds. The molecule has 0 saturated carbocycles. The standard InChI is InChI=1S/C9H13ClN2O3S/c1-6(4-10)5-16(13,14)7(2)9-11-8(3)12-15-9/h4,7H,5H2,1-3H3/b6-4+. The number of nitrogens with zero attached hydrogens (tertiary/aromatic N) is 2. The Morgan fingerprint density at radius 3 is 2.69 bits per heavy atom. The van der Waals surface area contributed by atoms with Gasteiger partial charge in [-0.15, -0.1) is 0 Å². The summed E-state index contributed by atoms with van der Waals surface area (Å²) in [7, 11) is -3.36. The van der Waals surface area contributed by atoms with Crippen LogP contribution < -0.4 is 0 Å². The molecule has 16 heavy (non-hydrogen) atoms. The normalized spacial score (nSPS) is 15.1. The third-order valence-electron chi connectivity index (χ3n) is 2.04. The molecule has 0 fully saturated rings. The van der Waals surface area contributed by atoms with E-state index >= 15 is 0 Å². The highest BCUT2D eigenvalue weighted by molar-refractivity contribution is 7.91. The molecule has 7 heteroatoms. The van der Waals surface area contributed by atoms with Crippen LogP contribution >= 0.6 is 11.6 Å². The number of hydrogen-bond donors (Lipinski definition) is 0. The molecule has 90 valence electrons. The van der Waals surface area contributed by atoms with Crippen LogP contribution in [0.15, 0.2) is 15.6 Å². The lowest BCUT2D eigenvalue weighted by Gasteiger charge is -2.08. The zero-order chi connectivity index (χ0) is 12.3. The van der Waals surface area contributed by atoms with Crippen LogP contribution in [0.25, 0.3) is 0 Å². The van der Waals surface area contributed by atoms with Gasteiger partial charge in [0.1, 0.15) is 5.25 Å². The third kappa shape index (κ3) is 3.05. The highest BCUT2D eigenvalue weighted by atomic mass is 35.5. The lowest BCUT2D eigenvalue weighted by Crippen LogP contribution is -2.15. The maximum Gasteiger partial charge on any atom is 0.244 e. The fourth-order valence-corrected chi connectivity index (χ4v) is 2.65. The monoisotopic (exact) mass is 264 g/mol. The Morgan fingerprint density at radius 2 is 2.25 bits per heavy atom. The maximum absolute atomic E-state index is 11.9. The van der Waals surface area contributed by atoms with Gasteiger partial charge in [0.15, 0.2) is 15.7 Å². The van der Waals surface area contributed by atoms with Crippen LogP contribution in [0.1, 0.15) is 30.8 Å². The van der Waals surface area contributed by atoms with Crippen LogP contribution in [0.2, 0.25) is 0 Å². The SMILES string of the molecule is C/C(=C\Cl)CS(=O)(=O)C(C)c1nc(C)no1. The number of hydrogen-bond acceptors (Lipinski definition) is 5. The summed E-state index contributed by atoms with van der Waals surface area (Å²) in [6.07, 6.45) is 0. The van der Waals surface area contributed by atoms with E-state index in [2.05, 4.69) is 10.1 Å². The van der Waals surface area contributed by atoms with Gasteiger partial charge in [-0.3, -0.25) is 0 Å². The predicted octanol–water partition coefficient (Wildman–Crippen LogP) is 2.00. The Kier molecular flexibility index (Phi) is 4.09. The topological polar surface area (TPSA) is 73.1 Å². The molecule has 1 atom stereocenters. The van der Waals surface area contributed by atoms with Crippen molar-refractivity contribution >= 4 is 21.4 Å². The quantitative estimate of drug-likeness (QED) is 0.832. The van der Waals surface area contributed by atoms with Gasteiger partial charge >= 0.3 is 0 Å². The minimum absolute atomic E-state index is 0.111. The van der Waals surface area contributed by atoms with Crippen molar-refractivity contribution in [1.82, 2.24) is 10.1 Å². The molecule has 1 aromatic rings. The Morgan fingerprint density at radius 1 is 1.62 bits per heavy atom. The van der Waals surface area contributed by atoms with E-state index in [9.17, 15) is 8.42 Å². The average molecular weight is 265 g/mol. The van der Waals surface area contributed by atoms with Gasteiger partial charge in [0.05, 0.1) is 5.75 Å². The number of aryl methyl sites for hydroxylation is 1. The molecule has 0 aliphatic carbocycles. The minimum Gasteiger partial charge on any atom is -0.338 e. The molecular weight excluding hydrogens is 252 g/mol. The summed E-state index contributed by atoms with van der Waals surface area (Å²) in [6, 6.07) is 0. The van der Waals surface area contributed by atoms with E-state index in [0.29, 0.717) is 11.4 Å². The molecule has 0 spiro atoms. The molecule has 0 aliphatic heterocycles. The number of rotatable bonds is 4. The number of halogens is 1. The second-order valence-electron chi connectivity index (χ2n) is 3.58. The Labute approximate surface area is 99.4 Å². The highest BCUT2D eigenvalue weighted by Crippen LogP contribution is 2.22. The van der Waals surface area contributed by atoms with Crippen molar-refractivity contribution < 1.29 is 12.9 Å². The highest BCUT2D eigenvalue weighted by Gasteiger charge is 2.27. The number of sulfone groups is 1.